The van der Waals surface area contributed by atoms with Gasteiger partial charge in [0.2, 0.25) is 0 Å². The number of halogens is 1. The highest BCUT2D eigenvalue weighted by molar-refractivity contribution is 9.10. The maximum absolute atomic E-state index is 8.87. The minimum Gasteiger partial charge on any atom is -0.491 e. The largest absolute Gasteiger partial charge is 0.491 e. The molecule has 0 amide bonds. The Balaban J connectivity index is 0.000000174. The van der Waals surface area contributed by atoms with Crippen molar-refractivity contribution in [2.75, 3.05) is 0 Å². The van der Waals surface area contributed by atoms with E-state index in [4.69, 9.17) is 14.8 Å². The second kappa shape index (κ2) is 9.56. The number of pyridine rings is 1. The van der Waals surface area contributed by atoms with E-state index in [0.717, 1.165) is 38.0 Å². The molecule has 0 saturated carbocycles. The van der Waals surface area contributed by atoms with Gasteiger partial charge in [-0.05, 0) is 83.1 Å². The molecule has 0 aliphatic carbocycles. The number of hydrogen-bond donors (Lipinski definition) is 3. The average Bonchev–Trinajstić information content (AvgIpc) is 3.40. The normalized spacial score (nSPS) is 10.9. The Labute approximate surface area is 194 Å². The van der Waals surface area contributed by atoms with Gasteiger partial charge in [-0.25, -0.2) is 9.97 Å². The van der Waals surface area contributed by atoms with Gasteiger partial charge in [-0.15, -0.1) is 0 Å². The van der Waals surface area contributed by atoms with E-state index in [9.17, 15) is 0 Å². The molecule has 0 fully saturated rings. The highest BCUT2D eigenvalue weighted by atomic mass is 79.9. The summed E-state index contributed by atoms with van der Waals surface area (Å²) < 4.78 is 8.48. The van der Waals surface area contributed by atoms with Gasteiger partial charge in [-0.2, -0.15) is 0 Å². The number of ether oxygens (including phenoxy) is 1. The van der Waals surface area contributed by atoms with Gasteiger partial charge >= 0.3 is 7.12 Å². The van der Waals surface area contributed by atoms with Crippen LogP contribution in [-0.4, -0.2) is 42.8 Å². The zero-order chi connectivity index (χ0) is 22.7. The third-order valence-electron chi connectivity index (χ3n) is 4.76. The van der Waals surface area contributed by atoms with E-state index in [1.54, 1.807) is 24.7 Å². The number of aromatic nitrogens is 4. The lowest BCUT2D eigenvalue weighted by atomic mass is 9.80. The van der Waals surface area contributed by atoms with Gasteiger partial charge in [0.1, 0.15) is 22.2 Å². The molecule has 0 unspecified atom stereocenters. The second-order valence-corrected chi connectivity index (χ2v) is 8.28. The lowest BCUT2D eigenvalue weighted by Crippen LogP contribution is -2.29. The van der Waals surface area contributed by atoms with E-state index in [1.165, 1.54) is 0 Å². The van der Waals surface area contributed by atoms with Crippen molar-refractivity contribution in [1.82, 2.24) is 19.5 Å². The van der Waals surface area contributed by atoms with E-state index in [-0.39, 0.29) is 6.10 Å². The molecular formula is C23H22BBrN4O3. The zero-order valence-electron chi connectivity index (χ0n) is 17.6. The highest BCUT2D eigenvalue weighted by Gasteiger charge is 2.10. The summed E-state index contributed by atoms with van der Waals surface area (Å²) in [7, 11) is -1.38. The summed E-state index contributed by atoms with van der Waals surface area (Å²) in [5.41, 5.74) is 4.45. The van der Waals surface area contributed by atoms with Crippen molar-refractivity contribution in [3.05, 3.63) is 77.9 Å². The van der Waals surface area contributed by atoms with E-state index < -0.39 is 7.12 Å². The first-order valence-corrected chi connectivity index (χ1v) is 10.9. The van der Waals surface area contributed by atoms with E-state index >= 15 is 0 Å². The van der Waals surface area contributed by atoms with Gasteiger partial charge in [0, 0.05) is 17.4 Å². The standard InChI is InChI=1S/C15H14BrN3O.C8H8BNO2/c1-10(2)20-12-5-3-11(4-6-12)19-9-18-13-8-17-15(16)7-14(13)19;11-9(12)7-1-2-8-6(5-7)3-4-10-8/h3-10H,1-2H3;1-5,10-12H. The van der Waals surface area contributed by atoms with E-state index in [1.807, 2.05) is 67.1 Å². The second-order valence-electron chi connectivity index (χ2n) is 7.47. The van der Waals surface area contributed by atoms with Gasteiger partial charge in [0.15, 0.2) is 0 Å². The predicted molar refractivity (Wildman–Crippen MR) is 130 cm³/mol. The molecule has 0 spiro atoms. The van der Waals surface area contributed by atoms with Crippen LogP contribution in [0.25, 0.3) is 27.6 Å². The first kappa shape index (κ1) is 22.1. The summed E-state index contributed by atoms with van der Waals surface area (Å²) in [6.45, 7) is 4.03. The number of H-pyrrole nitrogens is 1. The Morgan fingerprint density at radius 1 is 1.03 bits per heavy atom. The molecule has 32 heavy (non-hydrogen) atoms. The Hall–Kier alpha value is -3.14. The van der Waals surface area contributed by atoms with Crippen LogP contribution in [0.3, 0.4) is 0 Å². The molecular weight excluding hydrogens is 471 g/mol. The monoisotopic (exact) mass is 492 g/mol. The smallest absolute Gasteiger partial charge is 0.488 e. The van der Waals surface area contributed by atoms with Crippen LogP contribution in [0.5, 0.6) is 5.75 Å². The summed E-state index contributed by atoms with van der Waals surface area (Å²) in [6, 6.07) is 17.1. The number of nitrogens with one attached hydrogen (secondary N) is 1. The van der Waals surface area contributed by atoms with Crippen LogP contribution in [0.15, 0.2) is 77.9 Å². The molecule has 5 aromatic rings. The Morgan fingerprint density at radius 2 is 1.81 bits per heavy atom. The lowest BCUT2D eigenvalue weighted by molar-refractivity contribution is 0.242. The predicted octanol–water partition coefficient (Wildman–Crippen LogP) is 3.82. The highest BCUT2D eigenvalue weighted by Crippen LogP contribution is 2.22. The van der Waals surface area contributed by atoms with E-state index in [0.29, 0.717) is 5.46 Å². The maximum Gasteiger partial charge on any atom is 0.488 e. The van der Waals surface area contributed by atoms with Crippen LogP contribution in [0.4, 0.5) is 0 Å². The zero-order valence-corrected chi connectivity index (χ0v) is 19.2. The average molecular weight is 493 g/mol. The molecule has 0 saturated heterocycles. The van der Waals surface area contributed by atoms with Gasteiger partial charge in [-0.1, -0.05) is 12.1 Å². The van der Waals surface area contributed by atoms with Crippen LogP contribution >= 0.6 is 15.9 Å². The van der Waals surface area contributed by atoms with Crippen LogP contribution in [-0.2, 0) is 0 Å². The van der Waals surface area contributed by atoms with Crippen molar-refractivity contribution < 1.29 is 14.8 Å². The van der Waals surface area contributed by atoms with Crippen LogP contribution < -0.4 is 10.2 Å². The molecule has 0 radical (unpaired) electrons. The molecule has 7 nitrogen and oxygen atoms in total. The van der Waals surface area contributed by atoms with Crippen molar-refractivity contribution in [1.29, 1.82) is 0 Å². The molecule has 2 aromatic carbocycles. The van der Waals surface area contributed by atoms with Gasteiger partial charge in [0.05, 0.1) is 17.8 Å². The minimum absolute atomic E-state index is 0.178. The summed E-state index contributed by atoms with van der Waals surface area (Å²) in [6.07, 6.45) is 5.55. The van der Waals surface area contributed by atoms with Gasteiger partial charge in [0.25, 0.3) is 0 Å². The molecule has 3 N–H and O–H groups in total. The summed E-state index contributed by atoms with van der Waals surface area (Å²) in [4.78, 5) is 11.6. The Bertz CT molecular complexity index is 1330. The molecule has 0 aliphatic heterocycles. The van der Waals surface area contributed by atoms with Crippen molar-refractivity contribution in [3.8, 4) is 11.4 Å². The number of imidazole rings is 1. The van der Waals surface area contributed by atoms with Crippen LogP contribution in [0.2, 0.25) is 0 Å². The molecule has 0 aliphatic rings. The minimum atomic E-state index is -1.38. The Morgan fingerprint density at radius 3 is 2.53 bits per heavy atom. The molecule has 5 rings (SSSR count). The van der Waals surface area contributed by atoms with Crippen molar-refractivity contribution >= 4 is 50.4 Å². The van der Waals surface area contributed by atoms with Crippen LogP contribution in [0, 0.1) is 0 Å². The molecule has 162 valence electrons. The number of fused-ring (bicyclic) bond motifs is 2. The molecule has 0 bridgehead atoms. The molecule has 9 heteroatoms. The van der Waals surface area contributed by atoms with E-state index in [2.05, 4.69) is 30.9 Å². The molecule has 3 heterocycles. The summed E-state index contributed by atoms with van der Waals surface area (Å²) in [5, 5.41) is 18.7. The quantitative estimate of drug-likeness (QED) is 0.262. The third-order valence-corrected chi connectivity index (χ3v) is 5.20. The first-order valence-electron chi connectivity index (χ1n) is 10.1. The van der Waals surface area contributed by atoms with Crippen LogP contribution in [0.1, 0.15) is 13.8 Å². The summed E-state index contributed by atoms with van der Waals surface area (Å²) >= 11 is 3.39. The number of hydrogen-bond acceptors (Lipinski definition) is 5. The number of benzene rings is 2. The summed E-state index contributed by atoms with van der Waals surface area (Å²) in [5.74, 6) is 0.871. The number of rotatable bonds is 4. The fourth-order valence-electron chi connectivity index (χ4n) is 3.28. The first-order chi connectivity index (χ1) is 15.4. The van der Waals surface area contributed by atoms with Gasteiger partial charge in [-0.3, -0.25) is 4.57 Å². The SMILES string of the molecule is CC(C)Oc1ccc(-n2cnc3cnc(Br)cc32)cc1.OB(O)c1ccc2[nH]ccc2c1. The fourth-order valence-corrected chi connectivity index (χ4v) is 3.60. The van der Waals surface area contributed by atoms with Crippen molar-refractivity contribution in [2.45, 2.75) is 20.0 Å². The van der Waals surface area contributed by atoms with Crippen molar-refractivity contribution in [2.24, 2.45) is 0 Å². The number of aromatic amines is 1. The maximum atomic E-state index is 8.87. The van der Waals surface area contributed by atoms with Crippen molar-refractivity contribution in [3.63, 3.8) is 0 Å². The topological polar surface area (TPSA) is 96.2 Å². The molecule has 3 aromatic heterocycles. The lowest BCUT2D eigenvalue weighted by Gasteiger charge is -2.10. The van der Waals surface area contributed by atoms with Gasteiger partial charge < -0.3 is 19.8 Å². The number of nitrogens with zero attached hydrogens (tertiary/aromatic N) is 3. The molecule has 0 atom stereocenters. The third kappa shape index (κ3) is 5.01. The fraction of sp³-hybridized carbons (Fsp3) is 0.130. The Kier molecular flexibility index (Phi) is 6.59.